The molecule has 1 fully saturated rings. The molecule has 0 aliphatic carbocycles. The summed E-state index contributed by atoms with van der Waals surface area (Å²) in [5.41, 5.74) is 2.80. The van der Waals surface area contributed by atoms with Crippen molar-refractivity contribution in [2.45, 2.75) is 0 Å². The Labute approximate surface area is 165 Å². The number of anilines is 2. The van der Waals surface area contributed by atoms with Crippen LogP contribution in [0.25, 0.3) is 6.08 Å². The lowest BCUT2D eigenvalue weighted by Gasteiger charge is -2.14. The predicted molar refractivity (Wildman–Crippen MR) is 111 cm³/mol. The van der Waals surface area contributed by atoms with Crippen molar-refractivity contribution in [3.05, 3.63) is 63.5 Å². The summed E-state index contributed by atoms with van der Waals surface area (Å²) in [7, 11) is 3.94. The highest BCUT2D eigenvalue weighted by atomic mass is 79.9. The molecule has 1 saturated heterocycles. The number of carbonyl (C=O) groups is 2. The minimum absolute atomic E-state index is 0.137. The summed E-state index contributed by atoms with van der Waals surface area (Å²) in [6.45, 7) is 0.137. The molecule has 26 heavy (non-hydrogen) atoms. The van der Waals surface area contributed by atoms with E-state index in [2.05, 4.69) is 21.2 Å². The predicted octanol–water partition coefficient (Wildman–Crippen LogP) is 4.62. The summed E-state index contributed by atoms with van der Waals surface area (Å²) in [5.74, 6) is -0.279. The van der Waals surface area contributed by atoms with Gasteiger partial charge in [-0.15, -0.1) is 0 Å². The van der Waals surface area contributed by atoms with Gasteiger partial charge >= 0.3 is 0 Å². The van der Waals surface area contributed by atoms with Crippen LogP contribution < -0.4 is 10.2 Å². The van der Waals surface area contributed by atoms with Gasteiger partial charge < -0.3 is 10.2 Å². The van der Waals surface area contributed by atoms with Crippen molar-refractivity contribution in [3.63, 3.8) is 0 Å². The van der Waals surface area contributed by atoms with Gasteiger partial charge in [-0.05, 0) is 53.7 Å². The third-order valence-corrected chi connectivity index (χ3v) is 5.25. The number of nitrogens with zero attached hydrogens (tertiary/aromatic N) is 2. The fraction of sp³-hybridized carbons (Fsp3) is 0.158. The number of halogens is 1. The van der Waals surface area contributed by atoms with Crippen molar-refractivity contribution in [3.8, 4) is 0 Å². The molecule has 2 amide bonds. The van der Waals surface area contributed by atoms with Crippen LogP contribution >= 0.6 is 27.7 Å². The first-order chi connectivity index (χ1) is 12.4. The topological polar surface area (TPSA) is 52.7 Å². The van der Waals surface area contributed by atoms with Crippen LogP contribution in [0.15, 0.2) is 57.9 Å². The summed E-state index contributed by atoms with van der Waals surface area (Å²) in [6.07, 6.45) is 1.75. The average molecular weight is 432 g/mol. The maximum Gasteiger partial charge on any atom is 0.295 e. The summed E-state index contributed by atoms with van der Waals surface area (Å²) in [4.78, 5) is 28.4. The first-order valence-electron chi connectivity index (χ1n) is 7.96. The highest BCUT2D eigenvalue weighted by molar-refractivity contribution is 9.10. The van der Waals surface area contributed by atoms with Gasteiger partial charge in [-0.1, -0.05) is 34.1 Å². The van der Waals surface area contributed by atoms with Crippen molar-refractivity contribution < 1.29 is 9.59 Å². The summed E-state index contributed by atoms with van der Waals surface area (Å²) < 4.78 is 0.928. The third-order valence-electron chi connectivity index (χ3n) is 3.85. The van der Waals surface area contributed by atoms with Crippen molar-refractivity contribution >= 4 is 56.3 Å². The van der Waals surface area contributed by atoms with Gasteiger partial charge in [0, 0.05) is 29.9 Å². The molecule has 0 aromatic heterocycles. The fourth-order valence-corrected chi connectivity index (χ4v) is 3.66. The van der Waals surface area contributed by atoms with Gasteiger partial charge in [-0.25, -0.2) is 0 Å². The second-order valence-corrected chi connectivity index (χ2v) is 7.85. The quantitative estimate of drug-likeness (QED) is 0.699. The van der Waals surface area contributed by atoms with Crippen LogP contribution in [-0.4, -0.2) is 36.8 Å². The van der Waals surface area contributed by atoms with E-state index in [1.54, 1.807) is 6.08 Å². The van der Waals surface area contributed by atoms with Gasteiger partial charge in [0.05, 0.1) is 11.6 Å². The van der Waals surface area contributed by atoms with Crippen LogP contribution in [0.3, 0.4) is 0 Å². The number of benzene rings is 2. The normalized spacial score (nSPS) is 15.7. The number of nitrogens with one attached hydrogen (secondary N) is 1. The van der Waals surface area contributed by atoms with Crippen molar-refractivity contribution in [2.75, 3.05) is 31.0 Å². The van der Waals surface area contributed by atoms with Crippen LogP contribution in [0.2, 0.25) is 0 Å². The first-order valence-corrected chi connectivity index (χ1v) is 9.57. The Hall–Kier alpha value is -2.25. The van der Waals surface area contributed by atoms with Crippen LogP contribution in [0, 0.1) is 0 Å². The molecule has 0 unspecified atom stereocenters. The minimum Gasteiger partial charge on any atom is -0.378 e. The molecule has 1 aliphatic heterocycles. The molecule has 0 radical (unpaired) electrons. The largest absolute Gasteiger partial charge is 0.378 e. The van der Waals surface area contributed by atoms with Gasteiger partial charge in [0.15, 0.2) is 0 Å². The van der Waals surface area contributed by atoms with E-state index >= 15 is 0 Å². The molecule has 1 aliphatic rings. The first kappa shape index (κ1) is 18.5. The molecule has 0 bridgehead atoms. The maximum absolute atomic E-state index is 12.5. The molecule has 134 valence electrons. The van der Waals surface area contributed by atoms with Crippen LogP contribution in [0.1, 0.15) is 5.56 Å². The van der Waals surface area contributed by atoms with Crippen molar-refractivity contribution in [2.24, 2.45) is 0 Å². The lowest BCUT2D eigenvalue weighted by molar-refractivity contribution is -0.122. The second-order valence-electron chi connectivity index (χ2n) is 5.94. The van der Waals surface area contributed by atoms with Gasteiger partial charge in [0.25, 0.3) is 11.1 Å². The Bertz CT molecular complexity index is 865. The number of imide groups is 1. The van der Waals surface area contributed by atoms with E-state index in [0.717, 1.165) is 33.2 Å². The summed E-state index contributed by atoms with van der Waals surface area (Å²) in [6, 6.07) is 15.4. The standard InChI is InChI=1S/C19H18BrN3O2S/c1-22(2)16-8-6-13(7-9-16)10-17-18(24)23(19(25)26-17)12-21-15-5-3-4-14(20)11-15/h3-11,21H,12H2,1-2H3. The van der Waals surface area contributed by atoms with E-state index < -0.39 is 0 Å². The highest BCUT2D eigenvalue weighted by Gasteiger charge is 2.34. The number of carbonyl (C=O) groups excluding carboxylic acids is 2. The van der Waals surface area contributed by atoms with Crippen LogP contribution in [0.4, 0.5) is 16.2 Å². The summed E-state index contributed by atoms with van der Waals surface area (Å²) >= 11 is 4.36. The SMILES string of the molecule is CN(C)c1ccc(C=C2SC(=O)N(CNc3cccc(Br)c3)C2=O)cc1. The second kappa shape index (κ2) is 7.97. The van der Waals surface area contributed by atoms with Gasteiger partial charge in [-0.3, -0.25) is 14.5 Å². The Balaban J connectivity index is 1.69. The van der Waals surface area contributed by atoms with Crippen LogP contribution in [-0.2, 0) is 4.79 Å². The maximum atomic E-state index is 12.5. The zero-order chi connectivity index (χ0) is 18.7. The lowest BCUT2D eigenvalue weighted by atomic mass is 10.2. The minimum atomic E-state index is -0.279. The molecule has 0 atom stereocenters. The smallest absolute Gasteiger partial charge is 0.295 e. The zero-order valence-electron chi connectivity index (χ0n) is 14.4. The third kappa shape index (κ3) is 4.28. The monoisotopic (exact) mass is 431 g/mol. The molecule has 2 aromatic carbocycles. The zero-order valence-corrected chi connectivity index (χ0v) is 16.8. The number of hydrogen-bond donors (Lipinski definition) is 1. The van der Waals surface area contributed by atoms with E-state index in [1.807, 2.05) is 67.5 Å². The Morgan fingerprint density at radius 2 is 1.88 bits per heavy atom. The van der Waals surface area contributed by atoms with Gasteiger partial charge in [-0.2, -0.15) is 0 Å². The van der Waals surface area contributed by atoms with Crippen LogP contribution in [0.5, 0.6) is 0 Å². The van der Waals surface area contributed by atoms with Crippen molar-refractivity contribution in [1.82, 2.24) is 4.90 Å². The average Bonchev–Trinajstić information content (AvgIpc) is 2.87. The fourth-order valence-electron chi connectivity index (χ4n) is 2.43. The molecular weight excluding hydrogens is 414 g/mol. The molecular formula is C19H18BrN3O2S. The molecule has 1 heterocycles. The molecule has 5 nitrogen and oxygen atoms in total. The molecule has 0 spiro atoms. The Morgan fingerprint density at radius 1 is 1.15 bits per heavy atom. The van der Waals surface area contributed by atoms with E-state index in [1.165, 1.54) is 4.90 Å². The summed E-state index contributed by atoms with van der Waals surface area (Å²) in [5, 5.41) is 2.83. The number of amides is 2. The van der Waals surface area contributed by atoms with E-state index in [0.29, 0.717) is 4.91 Å². The van der Waals surface area contributed by atoms with Gasteiger partial charge in [0.1, 0.15) is 0 Å². The molecule has 7 heteroatoms. The highest BCUT2D eigenvalue weighted by Crippen LogP contribution is 2.32. The molecule has 1 N–H and O–H groups in total. The van der Waals surface area contributed by atoms with Gasteiger partial charge in [0.2, 0.25) is 0 Å². The lowest BCUT2D eigenvalue weighted by Crippen LogP contribution is -2.33. The number of thioether (sulfide) groups is 1. The van der Waals surface area contributed by atoms with E-state index in [9.17, 15) is 9.59 Å². The molecule has 0 saturated carbocycles. The molecule has 3 rings (SSSR count). The number of hydrogen-bond acceptors (Lipinski definition) is 5. The number of rotatable bonds is 5. The van der Waals surface area contributed by atoms with E-state index in [4.69, 9.17) is 0 Å². The Morgan fingerprint density at radius 3 is 2.54 bits per heavy atom. The van der Waals surface area contributed by atoms with E-state index in [-0.39, 0.29) is 17.8 Å². The molecule has 2 aromatic rings. The Kier molecular flexibility index (Phi) is 5.68. The van der Waals surface area contributed by atoms with Crippen molar-refractivity contribution in [1.29, 1.82) is 0 Å².